The molecule has 29 heavy (non-hydrogen) atoms. The first-order chi connectivity index (χ1) is 14.1. The van der Waals surface area contributed by atoms with Crippen LogP contribution in [-0.4, -0.2) is 16.2 Å². The first-order valence-corrected chi connectivity index (χ1v) is 11.7. The Labute approximate surface area is 178 Å². The highest BCUT2D eigenvalue weighted by Crippen LogP contribution is 2.35. The Morgan fingerprint density at radius 3 is 1.86 bits per heavy atom. The number of carboxylic acid groups (broad SMARTS) is 1. The summed E-state index contributed by atoms with van der Waals surface area (Å²) in [5, 5.41) is 19.4. The van der Waals surface area contributed by atoms with Gasteiger partial charge in [0.25, 0.3) is 0 Å². The van der Waals surface area contributed by atoms with Crippen LogP contribution in [0.25, 0.3) is 0 Å². The van der Waals surface area contributed by atoms with E-state index in [4.69, 9.17) is 0 Å². The molecular formula is C26H42O3. The molecular weight excluding hydrogens is 360 g/mol. The SMILES string of the molecule is CCCCCCCCC=CCCCCCCC(CC)(C(=O)O)c1ccc(O)cc1. The molecule has 1 unspecified atom stereocenters. The van der Waals surface area contributed by atoms with E-state index in [0.29, 0.717) is 12.8 Å². The van der Waals surface area contributed by atoms with Crippen molar-refractivity contribution in [3.63, 3.8) is 0 Å². The van der Waals surface area contributed by atoms with Gasteiger partial charge in [0, 0.05) is 0 Å². The van der Waals surface area contributed by atoms with E-state index in [1.165, 1.54) is 51.4 Å². The van der Waals surface area contributed by atoms with Crippen LogP contribution >= 0.6 is 0 Å². The van der Waals surface area contributed by atoms with Gasteiger partial charge in [0.15, 0.2) is 0 Å². The number of aliphatic carboxylic acids is 1. The molecule has 0 radical (unpaired) electrons. The van der Waals surface area contributed by atoms with E-state index in [-0.39, 0.29) is 5.75 Å². The Morgan fingerprint density at radius 1 is 0.828 bits per heavy atom. The molecule has 0 aliphatic heterocycles. The summed E-state index contributed by atoms with van der Waals surface area (Å²) in [6, 6.07) is 6.67. The van der Waals surface area contributed by atoms with E-state index in [1.807, 2.05) is 6.92 Å². The number of benzene rings is 1. The van der Waals surface area contributed by atoms with Gasteiger partial charge in [-0.1, -0.05) is 89.5 Å². The zero-order chi connectivity index (χ0) is 21.4. The normalized spacial score (nSPS) is 13.6. The summed E-state index contributed by atoms with van der Waals surface area (Å²) >= 11 is 0. The van der Waals surface area contributed by atoms with Crippen molar-refractivity contribution < 1.29 is 15.0 Å². The molecule has 3 nitrogen and oxygen atoms in total. The van der Waals surface area contributed by atoms with Crippen molar-refractivity contribution in [1.29, 1.82) is 0 Å². The minimum Gasteiger partial charge on any atom is -0.508 e. The molecule has 3 heteroatoms. The van der Waals surface area contributed by atoms with E-state index < -0.39 is 11.4 Å². The fourth-order valence-electron chi connectivity index (χ4n) is 4.01. The molecule has 0 saturated heterocycles. The number of carbonyl (C=O) groups is 1. The highest BCUT2D eigenvalue weighted by molar-refractivity contribution is 5.81. The Balaban J connectivity index is 2.22. The van der Waals surface area contributed by atoms with Gasteiger partial charge in [-0.25, -0.2) is 0 Å². The monoisotopic (exact) mass is 402 g/mol. The van der Waals surface area contributed by atoms with E-state index in [0.717, 1.165) is 31.2 Å². The Kier molecular flexibility index (Phi) is 13.2. The number of allylic oxidation sites excluding steroid dienone is 2. The molecule has 0 saturated carbocycles. The highest BCUT2D eigenvalue weighted by Gasteiger charge is 2.37. The lowest BCUT2D eigenvalue weighted by Crippen LogP contribution is -2.35. The van der Waals surface area contributed by atoms with E-state index >= 15 is 0 Å². The number of phenolic OH excluding ortho intramolecular Hbond substituents is 1. The number of hydrogen-bond acceptors (Lipinski definition) is 2. The minimum absolute atomic E-state index is 0.175. The Bertz CT molecular complexity index is 576. The summed E-state index contributed by atoms with van der Waals surface area (Å²) in [7, 11) is 0. The fraction of sp³-hybridized carbons (Fsp3) is 0.654. The number of phenols is 1. The van der Waals surface area contributed by atoms with Crippen LogP contribution in [0.1, 0.15) is 109 Å². The second-order valence-electron chi connectivity index (χ2n) is 8.27. The molecule has 0 aliphatic rings. The van der Waals surface area contributed by atoms with Crippen LogP contribution in [0.5, 0.6) is 5.75 Å². The summed E-state index contributed by atoms with van der Waals surface area (Å²) in [4.78, 5) is 12.0. The summed E-state index contributed by atoms with van der Waals surface area (Å²) in [6.07, 6.45) is 20.6. The van der Waals surface area contributed by atoms with Gasteiger partial charge < -0.3 is 10.2 Å². The first kappa shape index (κ1) is 25.3. The topological polar surface area (TPSA) is 57.5 Å². The van der Waals surface area contributed by atoms with E-state index in [1.54, 1.807) is 24.3 Å². The van der Waals surface area contributed by atoms with Crippen LogP contribution in [0.15, 0.2) is 36.4 Å². The van der Waals surface area contributed by atoms with Gasteiger partial charge in [0.1, 0.15) is 5.75 Å². The van der Waals surface area contributed by atoms with Crippen LogP contribution < -0.4 is 0 Å². The van der Waals surface area contributed by atoms with Crippen molar-refractivity contribution in [2.45, 2.75) is 109 Å². The third-order valence-electron chi connectivity index (χ3n) is 6.05. The number of rotatable bonds is 17. The van der Waals surface area contributed by atoms with E-state index in [9.17, 15) is 15.0 Å². The molecule has 0 spiro atoms. The molecule has 2 N–H and O–H groups in total. The molecule has 0 heterocycles. The van der Waals surface area contributed by atoms with Crippen molar-refractivity contribution in [3.05, 3.63) is 42.0 Å². The highest BCUT2D eigenvalue weighted by atomic mass is 16.4. The first-order valence-electron chi connectivity index (χ1n) is 11.7. The minimum atomic E-state index is -0.843. The molecule has 1 rings (SSSR count). The maximum Gasteiger partial charge on any atom is 0.314 e. The smallest absolute Gasteiger partial charge is 0.314 e. The maximum absolute atomic E-state index is 12.0. The van der Waals surface area contributed by atoms with Crippen molar-refractivity contribution in [3.8, 4) is 5.75 Å². The lowest BCUT2D eigenvalue weighted by Gasteiger charge is -2.29. The van der Waals surface area contributed by atoms with Crippen molar-refractivity contribution in [1.82, 2.24) is 0 Å². The lowest BCUT2D eigenvalue weighted by molar-refractivity contribution is -0.144. The van der Waals surface area contributed by atoms with Crippen molar-refractivity contribution in [2.75, 3.05) is 0 Å². The van der Waals surface area contributed by atoms with Gasteiger partial charge in [-0.15, -0.1) is 0 Å². The molecule has 0 aliphatic carbocycles. The average Bonchev–Trinajstić information content (AvgIpc) is 2.72. The second kappa shape index (κ2) is 15.1. The van der Waals surface area contributed by atoms with Gasteiger partial charge in [0.05, 0.1) is 5.41 Å². The molecule has 0 amide bonds. The van der Waals surface area contributed by atoms with Gasteiger partial charge in [-0.3, -0.25) is 4.79 Å². The quantitative estimate of drug-likeness (QED) is 0.207. The Hall–Kier alpha value is -1.77. The van der Waals surface area contributed by atoms with Gasteiger partial charge >= 0.3 is 5.97 Å². The van der Waals surface area contributed by atoms with Crippen LogP contribution in [0.3, 0.4) is 0 Å². The lowest BCUT2D eigenvalue weighted by atomic mass is 9.74. The van der Waals surface area contributed by atoms with Crippen molar-refractivity contribution >= 4 is 5.97 Å². The maximum atomic E-state index is 12.0. The zero-order valence-electron chi connectivity index (χ0n) is 18.7. The number of carboxylic acids is 1. The second-order valence-corrected chi connectivity index (χ2v) is 8.27. The van der Waals surface area contributed by atoms with Gasteiger partial charge in [-0.05, 0) is 56.2 Å². The van der Waals surface area contributed by atoms with Crippen LogP contribution in [0.4, 0.5) is 0 Å². The standard InChI is InChI=1S/C26H42O3/c1-3-5-6-7-8-9-10-11-12-13-14-15-16-17-22-26(4-2,25(28)29)23-18-20-24(27)21-19-23/h11-12,18-21,27H,3-10,13-17,22H2,1-2H3,(H,28,29). The predicted octanol–water partition coefficient (Wildman–Crippen LogP) is 7.77. The predicted molar refractivity (Wildman–Crippen MR) is 123 cm³/mol. The summed E-state index contributed by atoms with van der Waals surface area (Å²) < 4.78 is 0. The van der Waals surface area contributed by atoms with Crippen molar-refractivity contribution in [2.24, 2.45) is 0 Å². The molecule has 1 aromatic rings. The molecule has 0 bridgehead atoms. The summed E-state index contributed by atoms with van der Waals surface area (Å²) in [5.74, 6) is -0.586. The average molecular weight is 403 g/mol. The van der Waals surface area contributed by atoms with Crippen LogP contribution in [0, 0.1) is 0 Å². The van der Waals surface area contributed by atoms with Gasteiger partial charge in [-0.2, -0.15) is 0 Å². The molecule has 164 valence electrons. The van der Waals surface area contributed by atoms with Gasteiger partial charge in [0.2, 0.25) is 0 Å². The number of hydrogen-bond donors (Lipinski definition) is 2. The number of aromatic hydroxyl groups is 1. The third kappa shape index (κ3) is 9.51. The molecule has 1 aromatic carbocycles. The third-order valence-corrected chi connectivity index (χ3v) is 6.05. The van der Waals surface area contributed by atoms with Crippen LogP contribution in [-0.2, 0) is 10.2 Å². The zero-order valence-corrected chi connectivity index (χ0v) is 18.7. The largest absolute Gasteiger partial charge is 0.508 e. The summed E-state index contributed by atoms with van der Waals surface area (Å²) in [5.41, 5.74) is -0.0482. The number of unbranched alkanes of at least 4 members (excludes halogenated alkanes) is 10. The molecule has 0 fully saturated rings. The Morgan fingerprint density at radius 2 is 1.34 bits per heavy atom. The summed E-state index contributed by atoms with van der Waals surface area (Å²) in [6.45, 7) is 4.19. The molecule has 0 aromatic heterocycles. The van der Waals surface area contributed by atoms with Crippen LogP contribution in [0.2, 0.25) is 0 Å². The molecule has 1 atom stereocenters. The fourth-order valence-corrected chi connectivity index (χ4v) is 4.01. The van der Waals surface area contributed by atoms with E-state index in [2.05, 4.69) is 19.1 Å².